The number of nitro benzene ring substituents is 1. The number of hydrazone groups is 1. The van der Waals surface area contributed by atoms with Gasteiger partial charge < -0.3 is 9.47 Å². The Balaban J connectivity index is 1.50. The number of anilines is 1. The van der Waals surface area contributed by atoms with Crippen molar-refractivity contribution in [2.75, 3.05) is 19.1 Å². The van der Waals surface area contributed by atoms with Crippen LogP contribution in [0.5, 0.6) is 11.5 Å². The van der Waals surface area contributed by atoms with Crippen molar-refractivity contribution in [1.82, 2.24) is 5.01 Å². The molecule has 196 valence electrons. The smallest absolute Gasteiger partial charge is 0.271 e. The Morgan fingerprint density at radius 3 is 2.36 bits per heavy atom. The van der Waals surface area contributed by atoms with Crippen molar-refractivity contribution < 1.29 is 28.8 Å². The van der Waals surface area contributed by atoms with Gasteiger partial charge in [-0.2, -0.15) is 5.10 Å². The van der Waals surface area contributed by atoms with Gasteiger partial charge in [-0.15, -0.1) is 0 Å². The van der Waals surface area contributed by atoms with Gasteiger partial charge in [-0.25, -0.2) is 4.90 Å². The molecular formula is C28H22N4O7. The van der Waals surface area contributed by atoms with Gasteiger partial charge in [-0.3, -0.25) is 29.5 Å². The zero-order valence-electron chi connectivity index (χ0n) is 20.9. The fourth-order valence-corrected chi connectivity index (χ4v) is 5.80. The van der Waals surface area contributed by atoms with Gasteiger partial charge in [-0.05, 0) is 41.5 Å². The Kier molecular flexibility index (Phi) is 5.63. The van der Waals surface area contributed by atoms with E-state index < -0.39 is 40.7 Å². The highest BCUT2D eigenvalue weighted by Crippen LogP contribution is 2.54. The number of ketones is 1. The number of nitrogens with zero attached hydrogens (tertiary/aromatic N) is 4. The number of hydrogen-bond acceptors (Lipinski definition) is 9. The lowest BCUT2D eigenvalue weighted by Gasteiger charge is -2.33. The van der Waals surface area contributed by atoms with Crippen LogP contribution in [0.3, 0.4) is 0 Å². The van der Waals surface area contributed by atoms with Crippen LogP contribution in [0.1, 0.15) is 27.5 Å². The molecule has 0 N–H and O–H groups in total. The molecule has 4 atom stereocenters. The molecule has 3 aliphatic rings. The Morgan fingerprint density at radius 1 is 0.949 bits per heavy atom. The highest BCUT2D eigenvalue weighted by Gasteiger charge is 2.65. The Bertz CT molecular complexity index is 1570. The van der Waals surface area contributed by atoms with E-state index in [0.717, 1.165) is 22.1 Å². The third kappa shape index (κ3) is 3.57. The number of amides is 2. The summed E-state index contributed by atoms with van der Waals surface area (Å²) in [6.45, 7) is 0. The average Bonchev–Trinajstić information content (AvgIpc) is 3.44. The normalized spacial score (nSPS) is 22.8. The maximum absolute atomic E-state index is 14.1. The number of hydrogen-bond donors (Lipinski definition) is 0. The van der Waals surface area contributed by atoms with Gasteiger partial charge in [0, 0.05) is 17.7 Å². The predicted molar refractivity (Wildman–Crippen MR) is 139 cm³/mol. The molecule has 0 saturated carbocycles. The van der Waals surface area contributed by atoms with E-state index in [1.165, 1.54) is 26.4 Å². The van der Waals surface area contributed by atoms with Crippen LogP contribution >= 0.6 is 0 Å². The van der Waals surface area contributed by atoms with Crippen molar-refractivity contribution in [2.24, 2.45) is 16.9 Å². The number of imide groups is 1. The quantitative estimate of drug-likeness (QED) is 0.207. The minimum absolute atomic E-state index is 0.0362. The summed E-state index contributed by atoms with van der Waals surface area (Å²) in [4.78, 5) is 53.9. The van der Waals surface area contributed by atoms with E-state index in [-0.39, 0.29) is 22.9 Å². The summed E-state index contributed by atoms with van der Waals surface area (Å²) in [5.41, 5.74) is 1.54. The van der Waals surface area contributed by atoms with Crippen LogP contribution in [0.15, 0.2) is 71.8 Å². The molecule has 39 heavy (non-hydrogen) atoms. The van der Waals surface area contributed by atoms with Crippen LogP contribution in [0.4, 0.5) is 11.4 Å². The lowest BCUT2D eigenvalue weighted by Crippen LogP contribution is -2.44. The van der Waals surface area contributed by atoms with Crippen molar-refractivity contribution in [3.63, 3.8) is 0 Å². The molecule has 0 aromatic heterocycles. The first-order valence-electron chi connectivity index (χ1n) is 12.2. The molecule has 3 aromatic carbocycles. The summed E-state index contributed by atoms with van der Waals surface area (Å²) in [7, 11) is 2.86. The number of non-ortho nitro benzene ring substituents is 1. The SMILES string of the molecule is COc1ccc(C(=O)[C@H]2[C@H]3C(=O)N(c4cc([N+](=O)[O-])ccc4OC)C(=O)[C@H]3[C@@H]3c4ccccc4C=NN23)cc1. The van der Waals surface area contributed by atoms with Crippen LogP contribution in [0, 0.1) is 22.0 Å². The van der Waals surface area contributed by atoms with Crippen molar-refractivity contribution in [1.29, 1.82) is 0 Å². The molecular weight excluding hydrogens is 504 g/mol. The largest absolute Gasteiger partial charge is 0.497 e. The number of fused-ring (bicyclic) bond motifs is 5. The maximum atomic E-state index is 14.1. The molecule has 3 aromatic rings. The van der Waals surface area contributed by atoms with Gasteiger partial charge in [0.05, 0.1) is 43.2 Å². The number of Topliss-reactive ketones (excluding diaryl/α,β-unsaturated/α-hetero) is 1. The number of rotatable bonds is 6. The second-order valence-corrected chi connectivity index (χ2v) is 9.41. The Hall–Kier alpha value is -5.06. The van der Waals surface area contributed by atoms with Gasteiger partial charge in [0.2, 0.25) is 11.8 Å². The molecule has 6 rings (SSSR count). The van der Waals surface area contributed by atoms with E-state index in [0.29, 0.717) is 11.3 Å². The fourth-order valence-electron chi connectivity index (χ4n) is 5.80. The zero-order valence-corrected chi connectivity index (χ0v) is 20.9. The van der Waals surface area contributed by atoms with Crippen molar-refractivity contribution >= 4 is 35.2 Å². The zero-order chi connectivity index (χ0) is 27.4. The van der Waals surface area contributed by atoms with Gasteiger partial charge in [0.15, 0.2) is 5.78 Å². The third-order valence-corrected chi connectivity index (χ3v) is 7.55. The second kappa shape index (κ2) is 9.05. The van der Waals surface area contributed by atoms with E-state index in [4.69, 9.17) is 9.47 Å². The highest BCUT2D eigenvalue weighted by molar-refractivity contribution is 6.25. The number of nitro groups is 1. The van der Waals surface area contributed by atoms with Crippen LogP contribution in [-0.4, -0.2) is 54.0 Å². The van der Waals surface area contributed by atoms with Crippen LogP contribution in [-0.2, 0) is 9.59 Å². The summed E-state index contributed by atoms with van der Waals surface area (Å²) >= 11 is 0. The Labute approximate surface area is 222 Å². The van der Waals surface area contributed by atoms with E-state index >= 15 is 0 Å². The maximum Gasteiger partial charge on any atom is 0.271 e. The minimum Gasteiger partial charge on any atom is -0.497 e. The lowest BCUT2D eigenvalue weighted by molar-refractivity contribution is -0.384. The first-order chi connectivity index (χ1) is 18.8. The summed E-state index contributed by atoms with van der Waals surface area (Å²) in [5, 5.41) is 17.6. The number of ether oxygens (including phenoxy) is 2. The van der Waals surface area contributed by atoms with Crippen molar-refractivity contribution in [3.8, 4) is 11.5 Å². The van der Waals surface area contributed by atoms with Gasteiger partial charge >= 0.3 is 0 Å². The number of methoxy groups -OCH3 is 2. The molecule has 0 unspecified atom stereocenters. The van der Waals surface area contributed by atoms with E-state index in [1.54, 1.807) is 35.5 Å². The van der Waals surface area contributed by atoms with E-state index in [2.05, 4.69) is 5.10 Å². The molecule has 3 heterocycles. The molecule has 0 spiro atoms. The molecule has 3 aliphatic heterocycles. The number of carbonyl (C=O) groups excluding carboxylic acids is 3. The summed E-state index contributed by atoms with van der Waals surface area (Å²) < 4.78 is 10.6. The number of benzene rings is 3. The van der Waals surface area contributed by atoms with Crippen LogP contribution in [0.25, 0.3) is 0 Å². The first-order valence-corrected chi connectivity index (χ1v) is 12.2. The lowest BCUT2D eigenvalue weighted by atomic mass is 9.83. The monoisotopic (exact) mass is 526 g/mol. The summed E-state index contributed by atoms with van der Waals surface area (Å²) in [6.07, 6.45) is 1.62. The average molecular weight is 527 g/mol. The Morgan fingerprint density at radius 2 is 1.67 bits per heavy atom. The summed E-state index contributed by atoms with van der Waals surface area (Å²) in [6, 6.07) is 15.8. The first kappa shape index (κ1) is 24.3. The van der Waals surface area contributed by atoms with Crippen LogP contribution in [0.2, 0.25) is 0 Å². The molecule has 11 nitrogen and oxygen atoms in total. The second-order valence-electron chi connectivity index (χ2n) is 9.41. The fraction of sp³-hybridized carbons (Fsp3) is 0.214. The molecule has 0 aliphatic carbocycles. The van der Waals surface area contributed by atoms with Gasteiger partial charge in [-0.1, -0.05) is 24.3 Å². The topological polar surface area (TPSA) is 132 Å². The third-order valence-electron chi connectivity index (χ3n) is 7.55. The number of carbonyl (C=O) groups is 3. The van der Waals surface area contributed by atoms with Gasteiger partial charge in [0.25, 0.3) is 5.69 Å². The predicted octanol–water partition coefficient (Wildman–Crippen LogP) is 3.37. The highest BCUT2D eigenvalue weighted by atomic mass is 16.6. The molecule has 2 amide bonds. The van der Waals surface area contributed by atoms with E-state index in [1.807, 2.05) is 24.3 Å². The van der Waals surface area contributed by atoms with E-state index in [9.17, 15) is 24.5 Å². The summed E-state index contributed by atoms with van der Waals surface area (Å²) in [5.74, 6) is -2.93. The van der Waals surface area contributed by atoms with Crippen molar-refractivity contribution in [3.05, 3.63) is 93.5 Å². The molecule has 2 saturated heterocycles. The van der Waals surface area contributed by atoms with Gasteiger partial charge in [0.1, 0.15) is 23.2 Å². The standard InChI is InChI=1S/C28H22N4O7/c1-38-18-10-7-15(8-11-18)26(33)25-23-22(24-19-6-4-3-5-16(19)14-29-31(24)25)27(34)30(28(23)35)20-13-17(32(36)37)9-12-21(20)39-2/h3-14,22-25H,1-2H3/t22-,23+,24+,25-/m1/s1. The van der Waals surface area contributed by atoms with Crippen LogP contribution < -0.4 is 14.4 Å². The molecule has 11 heteroatoms. The molecule has 2 fully saturated rings. The molecule has 0 bridgehead atoms. The van der Waals surface area contributed by atoms with Crippen molar-refractivity contribution in [2.45, 2.75) is 12.1 Å². The molecule has 0 radical (unpaired) electrons. The minimum atomic E-state index is -1.08.